The number of nitrogens with zero attached hydrogens (tertiary/aromatic N) is 1. The SMILES string of the molecule is CN(N)C(=O)CSC=S. The molecule has 52 valence electrons. The van der Waals surface area contributed by atoms with Crippen LogP contribution in [0.1, 0.15) is 0 Å². The first-order valence-electron chi connectivity index (χ1n) is 2.25. The van der Waals surface area contributed by atoms with Crippen molar-refractivity contribution in [2.75, 3.05) is 12.8 Å². The van der Waals surface area contributed by atoms with Gasteiger partial charge < -0.3 is 0 Å². The molecule has 0 aromatic heterocycles. The zero-order chi connectivity index (χ0) is 7.28. The molecule has 0 saturated carbocycles. The molecular formula is C4H8N2OS2. The van der Waals surface area contributed by atoms with Crippen LogP contribution < -0.4 is 5.84 Å². The number of rotatable bonds is 3. The number of thiocarbonyl (C=S) groups is 1. The molecule has 0 fully saturated rings. The fraction of sp³-hybridized carbons (Fsp3) is 0.500. The van der Waals surface area contributed by atoms with Crippen LogP contribution in [-0.4, -0.2) is 28.4 Å². The smallest absolute Gasteiger partial charge is 0.246 e. The van der Waals surface area contributed by atoms with Crippen molar-refractivity contribution in [2.45, 2.75) is 0 Å². The molecule has 0 aliphatic heterocycles. The van der Waals surface area contributed by atoms with Crippen LogP contribution in [0.4, 0.5) is 0 Å². The molecule has 0 aliphatic carbocycles. The summed E-state index contributed by atoms with van der Waals surface area (Å²) < 4.78 is 1.45. The summed E-state index contributed by atoms with van der Waals surface area (Å²) in [5.41, 5.74) is 0. The van der Waals surface area contributed by atoms with Gasteiger partial charge in [-0.1, -0.05) is 12.2 Å². The zero-order valence-electron chi connectivity index (χ0n) is 5.03. The van der Waals surface area contributed by atoms with E-state index in [0.717, 1.165) is 5.01 Å². The van der Waals surface area contributed by atoms with Gasteiger partial charge in [0, 0.05) is 11.7 Å². The van der Waals surface area contributed by atoms with E-state index in [1.165, 1.54) is 23.5 Å². The van der Waals surface area contributed by atoms with Crippen molar-refractivity contribution in [3.05, 3.63) is 0 Å². The van der Waals surface area contributed by atoms with Crippen LogP contribution in [0.5, 0.6) is 0 Å². The van der Waals surface area contributed by atoms with E-state index in [1.54, 1.807) is 0 Å². The van der Waals surface area contributed by atoms with Crippen molar-refractivity contribution in [3.63, 3.8) is 0 Å². The molecule has 0 atom stereocenters. The van der Waals surface area contributed by atoms with Crippen molar-refractivity contribution < 1.29 is 4.79 Å². The quantitative estimate of drug-likeness (QED) is 0.276. The maximum Gasteiger partial charge on any atom is 0.246 e. The summed E-state index contributed by atoms with van der Waals surface area (Å²) in [6.07, 6.45) is 0. The molecule has 0 aliphatic rings. The minimum absolute atomic E-state index is 0.124. The summed E-state index contributed by atoms with van der Waals surface area (Å²) in [6.45, 7) is 0. The molecule has 1 amide bonds. The molecule has 5 heteroatoms. The van der Waals surface area contributed by atoms with Gasteiger partial charge in [0.25, 0.3) is 0 Å². The Kier molecular flexibility index (Phi) is 4.65. The highest BCUT2D eigenvalue weighted by atomic mass is 32.2. The summed E-state index contributed by atoms with van der Waals surface area (Å²) in [4.78, 5) is 10.6. The van der Waals surface area contributed by atoms with Crippen molar-refractivity contribution in [3.8, 4) is 0 Å². The Morgan fingerprint density at radius 1 is 2.00 bits per heavy atom. The fourth-order valence-electron chi connectivity index (χ4n) is 0.207. The highest BCUT2D eigenvalue weighted by molar-refractivity contribution is 8.21. The van der Waals surface area contributed by atoms with Gasteiger partial charge in [0.15, 0.2) is 0 Å². The first kappa shape index (κ1) is 8.87. The summed E-state index contributed by atoms with van der Waals surface area (Å²) in [5.74, 6) is 5.31. The molecule has 0 rings (SSSR count). The average molecular weight is 164 g/mol. The van der Waals surface area contributed by atoms with E-state index in [-0.39, 0.29) is 5.91 Å². The van der Waals surface area contributed by atoms with Crippen molar-refractivity contribution in [1.29, 1.82) is 0 Å². The Morgan fingerprint density at radius 3 is 2.89 bits per heavy atom. The lowest BCUT2D eigenvalue weighted by atomic mass is 10.7. The number of thioether (sulfide) groups is 1. The van der Waals surface area contributed by atoms with E-state index in [9.17, 15) is 4.79 Å². The van der Waals surface area contributed by atoms with E-state index in [0.29, 0.717) is 5.75 Å². The predicted molar refractivity (Wildman–Crippen MR) is 43.1 cm³/mol. The molecule has 0 unspecified atom stereocenters. The Morgan fingerprint density at radius 2 is 2.56 bits per heavy atom. The molecule has 0 radical (unpaired) electrons. The van der Waals surface area contributed by atoms with Gasteiger partial charge in [-0.2, -0.15) is 0 Å². The van der Waals surface area contributed by atoms with Crippen LogP contribution in [0.15, 0.2) is 0 Å². The van der Waals surface area contributed by atoms with Crippen LogP contribution in [0.25, 0.3) is 0 Å². The van der Waals surface area contributed by atoms with Gasteiger partial charge in [0.2, 0.25) is 5.91 Å². The fourth-order valence-corrected chi connectivity index (χ4v) is 0.826. The lowest BCUT2D eigenvalue weighted by Gasteiger charge is -2.06. The minimum Gasteiger partial charge on any atom is -0.283 e. The highest BCUT2D eigenvalue weighted by Gasteiger charge is 2.01. The normalized spacial score (nSPS) is 8.67. The van der Waals surface area contributed by atoms with Crippen LogP contribution in [0.2, 0.25) is 0 Å². The van der Waals surface area contributed by atoms with Crippen LogP contribution >= 0.6 is 24.0 Å². The van der Waals surface area contributed by atoms with Gasteiger partial charge in [-0.3, -0.25) is 9.80 Å². The lowest BCUT2D eigenvalue weighted by molar-refractivity contribution is -0.127. The van der Waals surface area contributed by atoms with E-state index in [1.807, 2.05) is 0 Å². The molecular weight excluding hydrogens is 156 g/mol. The Balaban J connectivity index is 3.38. The number of carbonyl (C=O) groups is 1. The summed E-state index contributed by atoms with van der Waals surface area (Å²) in [5, 5.41) is 1.05. The topological polar surface area (TPSA) is 46.3 Å². The number of nitrogens with two attached hydrogens (primary N) is 1. The second-order valence-corrected chi connectivity index (χ2v) is 2.80. The van der Waals surface area contributed by atoms with Gasteiger partial charge >= 0.3 is 0 Å². The van der Waals surface area contributed by atoms with Gasteiger partial charge in [0.1, 0.15) is 0 Å². The number of hydrogen-bond acceptors (Lipinski definition) is 4. The maximum absolute atomic E-state index is 10.6. The first-order chi connectivity index (χ1) is 4.18. The molecule has 3 nitrogen and oxygen atoms in total. The minimum atomic E-state index is -0.124. The number of hydrogen-bond donors (Lipinski definition) is 1. The number of amides is 1. The zero-order valence-corrected chi connectivity index (χ0v) is 6.67. The molecule has 0 spiro atoms. The van der Waals surface area contributed by atoms with Crippen LogP contribution in [-0.2, 0) is 4.79 Å². The Hall–Kier alpha value is -0.130. The Labute approximate surface area is 63.5 Å². The van der Waals surface area contributed by atoms with Crippen molar-refractivity contribution in [1.82, 2.24) is 5.01 Å². The summed E-state index contributed by atoms with van der Waals surface area (Å²) in [7, 11) is 1.51. The third kappa shape index (κ3) is 4.38. The second kappa shape index (κ2) is 4.72. The molecule has 0 saturated heterocycles. The predicted octanol–water partition coefficient (Wildman–Crippen LogP) is 0.00890. The molecule has 0 heterocycles. The van der Waals surface area contributed by atoms with Crippen molar-refractivity contribution in [2.24, 2.45) is 5.84 Å². The highest BCUT2D eigenvalue weighted by Crippen LogP contribution is 1.94. The first-order valence-corrected chi connectivity index (χ1v) is 3.77. The van der Waals surface area contributed by atoms with Gasteiger partial charge in [-0.05, 0) is 0 Å². The molecule has 2 N–H and O–H groups in total. The van der Waals surface area contributed by atoms with Crippen LogP contribution in [0, 0.1) is 0 Å². The van der Waals surface area contributed by atoms with Crippen molar-refractivity contribution >= 4 is 34.6 Å². The maximum atomic E-state index is 10.6. The van der Waals surface area contributed by atoms with Gasteiger partial charge in [-0.25, -0.2) is 5.84 Å². The lowest BCUT2D eigenvalue weighted by Crippen LogP contribution is -2.34. The Bertz CT molecular complexity index is 115. The third-order valence-corrected chi connectivity index (χ3v) is 1.63. The average Bonchev–Trinajstić information content (AvgIpc) is 1.82. The third-order valence-electron chi connectivity index (χ3n) is 0.668. The van der Waals surface area contributed by atoms with Crippen LogP contribution in [0.3, 0.4) is 0 Å². The van der Waals surface area contributed by atoms with E-state index in [4.69, 9.17) is 5.84 Å². The molecule has 0 aromatic rings. The monoisotopic (exact) mass is 164 g/mol. The largest absolute Gasteiger partial charge is 0.283 e. The van der Waals surface area contributed by atoms with E-state index < -0.39 is 0 Å². The molecule has 0 bridgehead atoms. The summed E-state index contributed by atoms with van der Waals surface area (Å²) in [6, 6.07) is 0. The number of hydrazine groups is 1. The molecule has 0 aromatic carbocycles. The second-order valence-electron chi connectivity index (χ2n) is 1.41. The summed E-state index contributed by atoms with van der Waals surface area (Å²) >= 11 is 5.75. The number of carbonyl (C=O) groups excluding carboxylic acids is 1. The standard InChI is InChI=1S/C4H8N2OS2/c1-6(5)4(7)2-9-3-8/h3H,2,5H2,1H3. The van der Waals surface area contributed by atoms with E-state index >= 15 is 0 Å². The van der Waals surface area contributed by atoms with Gasteiger partial charge in [-0.15, -0.1) is 11.8 Å². The van der Waals surface area contributed by atoms with E-state index in [2.05, 4.69) is 12.2 Å². The molecule has 9 heavy (non-hydrogen) atoms. The van der Waals surface area contributed by atoms with Gasteiger partial charge in [0.05, 0.1) is 5.75 Å².